The van der Waals surface area contributed by atoms with Gasteiger partial charge in [0.1, 0.15) is 11.0 Å². The summed E-state index contributed by atoms with van der Waals surface area (Å²) in [4.78, 5) is 16.9. The highest BCUT2D eigenvalue weighted by Gasteiger charge is 2.10. The Hall–Kier alpha value is -1.33. The van der Waals surface area contributed by atoms with Gasteiger partial charge in [0.05, 0.1) is 5.56 Å². The average Bonchev–Trinajstić information content (AvgIpc) is 2.28. The van der Waals surface area contributed by atoms with Crippen molar-refractivity contribution < 1.29 is 9.90 Å². The lowest BCUT2D eigenvalue weighted by molar-refractivity contribution is 0.0697. The van der Waals surface area contributed by atoms with Crippen LogP contribution in [0.5, 0.6) is 0 Å². The lowest BCUT2D eigenvalue weighted by Crippen LogP contribution is -2.23. The Morgan fingerprint density at radius 3 is 2.88 bits per heavy atom. The minimum Gasteiger partial charge on any atom is -0.478 e. The SMILES string of the molecule is CNCCCN(C)c1cc(C(=O)O)cc(Cl)n1. The molecule has 0 fully saturated rings. The van der Waals surface area contributed by atoms with Gasteiger partial charge in [-0.3, -0.25) is 0 Å². The molecule has 6 heteroatoms. The van der Waals surface area contributed by atoms with E-state index in [1.54, 1.807) is 0 Å². The summed E-state index contributed by atoms with van der Waals surface area (Å²) in [7, 11) is 3.75. The number of hydrogen-bond donors (Lipinski definition) is 2. The number of halogens is 1. The Balaban J connectivity index is 2.78. The van der Waals surface area contributed by atoms with Crippen LogP contribution in [0.3, 0.4) is 0 Å². The molecule has 0 saturated carbocycles. The second-order valence-corrected chi connectivity index (χ2v) is 4.11. The Morgan fingerprint density at radius 2 is 2.29 bits per heavy atom. The summed E-state index contributed by atoms with van der Waals surface area (Å²) in [5.74, 6) is -0.426. The van der Waals surface area contributed by atoms with Crippen LogP contribution in [0.25, 0.3) is 0 Å². The maximum Gasteiger partial charge on any atom is 0.335 e. The average molecular weight is 258 g/mol. The van der Waals surface area contributed by atoms with E-state index in [1.807, 2.05) is 19.0 Å². The van der Waals surface area contributed by atoms with Crippen molar-refractivity contribution >= 4 is 23.4 Å². The molecule has 1 heterocycles. The minimum absolute atomic E-state index is 0.153. The first-order valence-corrected chi connectivity index (χ1v) is 5.69. The number of anilines is 1. The summed E-state index contributed by atoms with van der Waals surface area (Å²) in [6.45, 7) is 1.68. The van der Waals surface area contributed by atoms with Gasteiger partial charge in [0.2, 0.25) is 0 Å². The van der Waals surface area contributed by atoms with Crippen molar-refractivity contribution in [1.82, 2.24) is 10.3 Å². The lowest BCUT2D eigenvalue weighted by atomic mass is 10.2. The van der Waals surface area contributed by atoms with Crippen LogP contribution in [0.2, 0.25) is 5.15 Å². The van der Waals surface area contributed by atoms with E-state index in [0.717, 1.165) is 19.5 Å². The largest absolute Gasteiger partial charge is 0.478 e. The highest BCUT2D eigenvalue weighted by Crippen LogP contribution is 2.17. The number of nitrogens with one attached hydrogen (secondary N) is 1. The topological polar surface area (TPSA) is 65.5 Å². The molecule has 0 aliphatic heterocycles. The summed E-state index contributed by atoms with van der Waals surface area (Å²) >= 11 is 5.79. The van der Waals surface area contributed by atoms with Crippen LogP contribution in [-0.4, -0.2) is 43.2 Å². The highest BCUT2D eigenvalue weighted by atomic mass is 35.5. The third-order valence-corrected chi connectivity index (χ3v) is 2.53. The van der Waals surface area contributed by atoms with Crippen LogP contribution in [0, 0.1) is 0 Å². The molecule has 0 atom stereocenters. The van der Waals surface area contributed by atoms with E-state index in [-0.39, 0.29) is 10.7 Å². The molecule has 1 aromatic heterocycles. The first-order chi connectivity index (χ1) is 8.04. The van der Waals surface area contributed by atoms with E-state index in [2.05, 4.69) is 10.3 Å². The summed E-state index contributed by atoms with van der Waals surface area (Å²) in [6, 6.07) is 2.86. The van der Waals surface area contributed by atoms with Gasteiger partial charge in [0.15, 0.2) is 0 Å². The van der Waals surface area contributed by atoms with Crippen LogP contribution in [0.4, 0.5) is 5.82 Å². The first kappa shape index (κ1) is 13.7. The molecular weight excluding hydrogens is 242 g/mol. The van der Waals surface area contributed by atoms with Gasteiger partial charge < -0.3 is 15.3 Å². The van der Waals surface area contributed by atoms with Gasteiger partial charge >= 0.3 is 5.97 Å². The first-order valence-electron chi connectivity index (χ1n) is 5.31. The fourth-order valence-corrected chi connectivity index (χ4v) is 1.61. The number of pyridine rings is 1. The number of carbonyl (C=O) groups is 1. The van der Waals surface area contributed by atoms with Crippen molar-refractivity contribution in [2.75, 3.05) is 32.1 Å². The molecule has 0 unspecified atom stereocenters. The Labute approximate surface area is 105 Å². The van der Waals surface area contributed by atoms with Crippen molar-refractivity contribution in [2.24, 2.45) is 0 Å². The Morgan fingerprint density at radius 1 is 1.59 bits per heavy atom. The quantitative estimate of drug-likeness (QED) is 0.597. The molecule has 0 radical (unpaired) electrons. The maximum atomic E-state index is 10.9. The van der Waals surface area contributed by atoms with E-state index >= 15 is 0 Å². The zero-order chi connectivity index (χ0) is 12.8. The molecule has 2 N–H and O–H groups in total. The van der Waals surface area contributed by atoms with E-state index in [9.17, 15) is 4.79 Å². The number of aromatic carboxylic acids is 1. The summed E-state index contributed by atoms with van der Waals surface area (Å²) in [5.41, 5.74) is 0.153. The van der Waals surface area contributed by atoms with Crippen molar-refractivity contribution in [1.29, 1.82) is 0 Å². The van der Waals surface area contributed by atoms with Gasteiger partial charge in [-0.25, -0.2) is 9.78 Å². The van der Waals surface area contributed by atoms with Gasteiger partial charge in [0, 0.05) is 13.6 Å². The van der Waals surface area contributed by atoms with Crippen molar-refractivity contribution in [2.45, 2.75) is 6.42 Å². The predicted octanol–water partition coefficient (Wildman–Crippen LogP) is 1.48. The molecule has 1 rings (SSSR count). The molecule has 5 nitrogen and oxygen atoms in total. The summed E-state index contributed by atoms with van der Waals surface area (Å²) < 4.78 is 0. The molecule has 0 spiro atoms. The van der Waals surface area contributed by atoms with Gasteiger partial charge in [-0.2, -0.15) is 0 Å². The van der Waals surface area contributed by atoms with E-state index in [0.29, 0.717) is 5.82 Å². The second kappa shape index (κ2) is 6.42. The summed E-state index contributed by atoms with van der Waals surface area (Å²) in [6.07, 6.45) is 0.948. The monoisotopic (exact) mass is 257 g/mol. The van der Waals surface area contributed by atoms with Crippen LogP contribution < -0.4 is 10.2 Å². The van der Waals surface area contributed by atoms with E-state index < -0.39 is 5.97 Å². The highest BCUT2D eigenvalue weighted by molar-refractivity contribution is 6.29. The smallest absolute Gasteiger partial charge is 0.335 e. The van der Waals surface area contributed by atoms with Crippen LogP contribution in [0.15, 0.2) is 12.1 Å². The molecule has 0 bridgehead atoms. The fraction of sp³-hybridized carbons (Fsp3) is 0.455. The zero-order valence-corrected chi connectivity index (χ0v) is 10.7. The number of nitrogens with zero attached hydrogens (tertiary/aromatic N) is 2. The van der Waals surface area contributed by atoms with Crippen LogP contribution in [-0.2, 0) is 0 Å². The minimum atomic E-state index is -1.00. The lowest BCUT2D eigenvalue weighted by Gasteiger charge is -2.18. The zero-order valence-electron chi connectivity index (χ0n) is 9.90. The molecule has 1 aromatic rings. The number of carboxylic acids is 1. The fourth-order valence-electron chi connectivity index (χ4n) is 1.41. The number of carboxylic acid groups (broad SMARTS) is 1. The van der Waals surface area contributed by atoms with Gasteiger partial charge in [-0.1, -0.05) is 11.6 Å². The van der Waals surface area contributed by atoms with Crippen molar-refractivity contribution in [3.8, 4) is 0 Å². The second-order valence-electron chi connectivity index (χ2n) is 3.72. The molecule has 94 valence electrons. The normalized spacial score (nSPS) is 10.3. The molecule has 0 aliphatic carbocycles. The van der Waals surface area contributed by atoms with Crippen LogP contribution >= 0.6 is 11.6 Å². The van der Waals surface area contributed by atoms with Gasteiger partial charge in [-0.05, 0) is 32.1 Å². The van der Waals surface area contributed by atoms with Crippen LogP contribution in [0.1, 0.15) is 16.8 Å². The van der Waals surface area contributed by atoms with Gasteiger partial charge in [-0.15, -0.1) is 0 Å². The number of rotatable bonds is 6. The number of hydrogen-bond acceptors (Lipinski definition) is 4. The third kappa shape index (κ3) is 4.20. The Bertz CT molecular complexity index is 398. The van der Waals surface area contributed by atoms with Crippen molar-refractivity contribution in [3.05, 3.63) is 22.8 Å². The van der Waals surface area contributed by atoms with E-state index in [1.165, 1.54) is 12.1 Å². The third-order valence-electron chi connectivity index (χ3n) is 2.34. The molecule has 0 saturated heterocycles. The van der Waals surface area contributed by atoms with Gasteiger partial charge in [0.25, 0.3) is 0 Å². The Kier molecular flexibility index (Phi) is 5.18. The van der Waals surface area contributed by atoms with Crippen molar-refractivity contribution in [3.63, 3.8) is 0 Å². The molecular formula is C11H16ClN3O2. The predicted molar refractivity (Wildman–Crippen MR) is 68.0 cm³/mol. The van der Waals surface area contributed by atoms with E-state index in [4.69, 9.17) is 16.7 Å². The molecule has 0 aromatic carbocycles. The standard InChI is InChI=1S/C11H16ClN3O2/c1-13-4-3-5-15(2)10-7-8(11(16)17)6-9(12)14-10/h6-7,13H,3-5H2,1-2H3,(H,16,17). The molecule has 0 amide bonds. The molecule has 0 aliphatic rings. The maximum absolute atomic E-state index is 10.9. The number of aromatic nitrogens is 1. The molecule has 17 heavy (non-hydrogen) atoms. The summed E-state index contributed by atoms with van der Waals surface area (Å²) in [5, 5.41) is 12.2.